The summed E-state index contributed by atoms with van der Waals surface area (Å²) in [6.07, 6.45) is 0. The molecule has 0 aliphatic carbocycles. The average Bonchev–Trinajstić information content (AvgIpc) is 2.74. The van der Waals surface area contributed by atoms with Crippen LogP contribution in [0.1, 0.15) is 28.4 Å². The molecule has 3 aromatic carbocycles. The predicted octanol–water partition coefficient (Wildman–Crippen LogP) is 4.93. The number of hydrogen-bond donors (Lipinski definition) is 1. The number of benzene rings is 3. The predicted molar refractivity (Wildman–Crippen MR) is 114 cm³/mol. The van der Waals surface area contributed by atoms with Gasteiger partial charge in [-0.05, 0) is 49.7 Å². The smallest absolute Gasteiger partial charge is 0.256 e. The lowest BCUT2D eigenvalue weighted by Crippen LogP contribution is -2.31. The number of amides is 1. The molecule has 0 saturated heterocycles. The Morgan fingerprint density at radius 3 is 2.38 bits per heavy atom. The van der Waals surface area contributed by atoms with Gasteiger partial charge in [0.1, 0.15) is 16.8 Å². The zero-order valence-electron chi connectivity index (χ0n) is 16.4. The van der Waals surface area contributed by atoms with Gasteiger partial charge in [0.25, 0.3) is 5.91 Å². The minimum atomic E-state index is -1.57. The van der Waals surface area contributed by atoms with Gasteiger partial charge in [-0.2, -0.15) is 0 Å². The van der Waals surface area contributed by atoms with E-state index in [1.54, 1.807) is 17.0 Å². The molecule has 6 heteroatoms. The maximum Gasteiger partial charge on any atom is 0.256 e. The summed E-state index contributed by atoms with van der Waals surface area (Å²) in [6.45, 7) is 4.69. The molecule has 0 bridgehead atoms. The molecule has 0 aliphatic rings. The summed E-state index contributed by atoms with van der Waals surface area (Å²) in [7, 11) is -1.57. The van der Waals surface area contributed by atoms with Crippen molar-refractivity contribution >= 4 is 22.6 Å². The van der Waals surface area contributed by atoms with E-state index in [1.165, 1.54) is 18.2 Å². The molecule has 1 atom stereocenters. The molecular weight excluding hydrogens is 387 g/mol. The van der Waals surface area contributed by atoms with Gasteiger partial charge in [-0.15, -0.1) is 0 Å². The highest BCUT2D eigenvalue weighted by molar-refractivity contribution is 7.86. The van der Waals surface area contributed by atoms with E-state index in [0.717, 1.165) is 11.1 Å². The lowest BCUT2D eigenvalue weighted by Gasteiger charge is -2.22. The van der Waals surface area contributed by atoms with Crippen molar-refractivity contribution in [2.75, 3.05) is 11.3 Å². The van der Waals surface area contributed by atoms with Crippen LogP contribution in [0.25, 0.3) is 0 Å². The van der Waals surface area contributed by atoms with E-state index in [4.69, 9.17) is 0 Å². The van der Waals surface area contributed by atoms with Crippen LogP contribution < -0.4 is 4.72 Å². The van der Waals surface area contributed by atoms with Crippen LogP contribution >= 0.6 is 0 Å². The van der Waals surface area contributed by atoms with Crippen LogP contribution in [0.2, 0.25) is 0 Å². The van der Waals surface area contributed by atoms with Crippen molar-refractivity contribution in [1.82, 2.24) is 4.90 Å². The van der Waals surface area contributed by atoms with Crippen molar-refractivity contribution in [2.45, 2.75) is 25.3 Å². The first-order chi connectivity index (χ1) is 14.0. The molecule has 0 aliphatic heterocycles. The van der Waals surface area contributed by atoms with E-state index in [1.807, 2.05) is 56.3 Å². The second-order valence-electron chi connectivity index (χ2n) is 6.68. The lowest BCUT2D eigenvalue weighted by atomic mass is 10.1. The number of aryl methyl sites for hydroxylation is 1. The minimum Gasteiger partial charge on any atom is -0.335 e. The van der Waals surface area contributed by atoms with E-state index < -0.39 is 16.8 Å². The Balaban J connectivity index is 1.86. The van der Waals surface area contributed by atoms with E-state index in [9.17, 15) is 13.4 Å². The van der Waals surface area contributed by atoms with Crippen LogP contribution in [0.5, 0.6) is 0 Å². The maximum atomic E-state index is 13.9. The normalized spacial score (nSPS) is 11.7. The van der Waals surface area contributed by atoms with Gasteiger partial charge >= 0.3 is 0 Å². The first-order valence-corrected chi connectivity index (χ1v) is 10.5. The standard InChI is InChI=1S/C23H23FN2O2S/c1-3-26(16-18-7-5-4-6-8-18)23(27)21-15-19(24)11-14-22(21)25-29(28)20-12-9-17(2)10-13-20/h4-15,25H,3,16H2,1-2H3. The fraction of sp³-hybridized carbons (Fsp3) is 0.174. The Bertz CT molecular complexity index is 1010. The number of anilines is 1. The molecule has 1 N–H and O–H groups in total. The van der Waals surface area contributed by atoms with Crippen LogP contribution in [0.15, 0.2) is 77.7 Å². The van der Waals surface area contributed by atoms with Crippen molar-refractivity contribution < 1.29 is 13.4 Å². The van der Waals surface area contributed by atoms with E-state index in [0.29, 0.717) is 23.7 Å². The van der Waals surface area contributed by atoms with Gasteiger partial charge in [0.05, 0.1) is 16.1 Å². The molecule has 150 valence electrons. The number of nitrogens with one attached hydrogen (secondary N) is 1. The molecule has 1 unspecified atom stereocenters. The van der Waals surface area contributed by atoms with Gasteiger partial charge in [-0.1, -0.05) is 48.0 Å². The zero-order valence-corrected chi connectivity index (χ0v) is 17.2. The lowest BCUT2D eigenvalue weighted by molar-refractivity contribution is 0.0753. The summed E-state index contributed by atoms with van der Waals surface area (Å²) in [5, 5.41) is 0. The molecule has 0 fully saturated rings. The summed E-state index contributed by atoms with van der Waals surface area (Å²) in [5.41, 5.74) is 2.53. The monoisotopic (exact) mass is 410 g/mol. The summed E-state index contributed by atoms with van der Waals surface area (Å²) in [4.78, 5) is 15.3. The Kier molecular flexibility index (Phi) is 6.77. The van der Waals surface area contributed by atoms with Gasteiger partial charge in [-0.25, -0.2) is 8.60 Å². The quantitative estimate of drug-likeness (QED) is 0.600. The van der Waals surface area contributed by atoms with Gasteiger partial charge in [-0.3, -0.25) is 4.79 Å². The second kappa shape index (κ2) is 9.47. The summed E-state index contributed by atoms with van der Waals surface area (Å²) >= 11 is 0. The SMILES string of the molecule is CCN(Cc1ccccc1)C(=O)c1cc(F)ccc1NS(=O)c1ccc(C)cc1. The van der Waals surface area contributed by atoms with Crippen LogP contribution in [-0.2, 0) is 17.5 Å². The van der Waals surface area contributed by atoms with Crippen molar-refractivity contribution in [1.29, 1.82) is 0 Å². The molecule has 0 spiro atoms. The molecular formula is C23H23FN2O2S. The Hall–Kier alpha value is -2.99. The number of rotatable bonds is 7. The van der Waals surface area contributed by atoms with Crippen LogP contribution in [0.4, 0.5) is 10.1 Å². The third kappa shape index (κ3) is 5.29. The van der Waals surface area contributed by atoms with Crippen LogP contribution in [0, 0.1) is 12.7 Å². The Labute approximate surface area is 173 Å². The van der Waals surface area contributed by atoms with E-state index in [2.05, 4.69) is 4.72 Å². The van der Waals surface area contributed by atoms with Gasteiger partial charge in [0.2, 0.25) is 0 Å². The highest BCUT2D eigenvalue weighted by Gasteiger charge is 2.20. The van der Waals surface area contributed by atoms with Crippen molar-refractivity contribution in [3.8, 4) is 0 Å². The summed E-state index contributed by atoms with van der Waals surface area (Å²) in [6, 6.07) is 20.7. The molecule has 3 aromatic rings. The minimum absolute atomic E-state index is 0.156. The third-order valence-corrected chi connectivity index (χ3v) is 5.64. The molecule has 1 amide bonds. The molecule has 0 heterocycles. The number of hydrogen-bond acceptors (Lipinski definition) is 2. The number of carbonyl (C=O) groups excluding carboxylic acids is 1. The highest BCUT2D eigenvalue weighted by atomic mass is 32.2. The molecule has 0 aromatic heterocycles. The van der Waals surface area contributed by atoms with Crippen molar-refractivity contribution in [3.05, 3.63) is 95.3 Å². The average molecular weight is 411 g/mol. The second-order valence-corrected chi connectivity index (χ2v) is 7.89. The fourth-order valence-electron chi connectivity index (χ4n) is 2.90. The van der Waals surface area contributed by atoms with Gasteiger partial charge < -0.3 is 9.62 Å². The molecule has 4 nitrogen and oxygen atoms in total. The first kappa shape index (κ1) is 20.7. The van der Waals surface area contributed by atoms with Crippen molar-refractivity contribution in [3.63, 3.8) is 0 Å². The zero-order chi connectivity index (χ0) is 20.8. The van der Waals surface area contributed by atoms with Crippen LogP contribution in [0.3, 0.4) is 0 Å². The number of carbonyl (C=O) groups is 1. The highest BCUT2D eigenvalue weighted by Crippen LogP contribution is 2.22. The molecule has 0 saturated carbocycles. The molecule has 3 rings (SSSR count). The van der Waals surface area contributed by atoms with E-state index in [-0.39, 0.29) is 11.5 Å². The largest absolute Gasteiger partial charge is 0.335 e. The number of halogens is 1. The van der Waals surface area contributed by atoms with Crippen molar-refractivity contribution in [2.24, 2.45) is 0 Å². The van der Waals surface area contributed by atoms with Gasteiger partial charge in [0.15, 0.2) is 0 Å². The van der Waals surface area contributed by atoms with Crippen LogP contribution in [-0.4, -0.2) is 21.6 Å². The summed E-state index contributed by atoms with van der Waals surface area (Å²) in [5.74, 6) is -0.838. The Morgan fingerprint density at radius 2 is 1.72 bits per heavy atom. The van der Waals surface area contributed by atoms with E-state index >= 15 is 0 Å². The molecule has 0 radical (unpaired) electrons. The first-order valence-electron chi connectivity index (χ1n) is 9.35. The van der Waals surface area contributed by atoms with Gasteiger partial charge in [0, 0.05) is 13.1 Å². The Morgan fingerprint density at radius 1 is 1.03 bits per heavy atom. The fourth-order valence-corrected chi connectivity index (χ4v) is 3.78. The summed E-state index contributed by atoms with van der Waals surface area (Å²) < 4.78 is 29.5. The third-order valence-electron chi connectivity index (χ3n) is 4.53. The maximum absolute atomic E-state index is 13.9. The topological polar surface area (TPSA) is 49.4 Å². The number of nitrogens with zero attached hydrogens (tertiary/aromatic N) is 1. The molecule has 29 heavy (non-hydrogen) atoms.